The average molecular weight is 647 g/mol. The normalized spacial score (nSPS) is 14.7. The molecule has 0 fully saturated rings. The van der Waals surface area contributed by atoms with Gasteiger partial charge in [-0.15, -0.1) is 0 Å². The number of fused-ring (bicyclic) bond motifs is 13. The van der Waals surface area contributed by atoms with Gasteiger partial charge in [0.15, 0.2) is 0 Å². The summed E-state index contributed by atoms with van der Waals surface area (Å²) in [5.74, 6) is 0. The maximum atomic E-state index is 2.40. The molecular weight excluding hydrogens is 613 g/mol. The molecule has 3 aliphatic rings. The molecule has 0 aromatic heterocycles. The smallest absolute Gasteiger partial charge is 0.0622 e. The van der Waals surface area contributed by atoms with E-state index in [4.69, 9.17) is 0 Å². The van der Waals surface area contributed by atoms with Gasteiger partial charge in [0.2, 0.25) is 0 Å². The molecule has 11 rings (SSSR count). The molecule has 8 aromatic rings. The minimum atomic E-state index is -0.406. The van der Waals surface area contributed by atoms with E-state index in [0.29, 0.717) is 0 Å². The summed E-state index contributed by atoms with van der Waals surface area (Å²) in [4.78, 5) is 0. The monoisotopic (exact) mass is 646 g/mol. The van der Waals surface area contributed by atoms with E-state index in [1.807, 2.05) is 0 Å². The van der Waals surface area contributed by atoms with Crippen molar-refractivity contribution in [3.63, 3.8) is 0 Å². The van der Waals surface area contributed by atoms with Gasteiger partial charge in [0, 0.05) is 0 Å². The Morgan fingerprint density at radius 1 is 0.255 bits per heavy atom. The van der Waals surface area contributed by atoms with E-state index in [-0.39, 0.29) is 5.41 Å². The van der Waals surface area contributed by atoms with Crippen LogP contribution in [0.15, 0.2) is 194 Å². The standard InChI is InChI=1S/C51H34/c1-3-19-36(20-4-1)50(37-21-5-2-6-22-37)44-29-13-9-25-40(44)48-34(17-15-31-46(48)50)33-35-18-16-32-47-49(35)41-26-10-14-30-45(41)51(47)42-27-11-7-23-38(42)39-24-8-12-28-43(39)51/h1-32H,33H2. The Hall–Kier alpha value is -6.24. The molecule has 0 heterocycles. The third kappa shape index (κ3) is 3.59. The maximum Gasteiger partial charge on any atom is 0.0725 e. The van der Waals surface area contributed by atoms with Gasteiger partial charge in [0.05, 0.1) is 10.8 Å². The van der Waals surface area contributed by atoms with Crippen LogP contribution in [0.2, 0.25) is 0 Å². The van der Waals surface area contributed by atoms with Gasteiger partial charge in [-0.2, -0.15) is 0 Å². The van der Waals surface area contributed by atoms with Gasteiger partial charge in [-0.3, -0.25) is 0 Å². The molecule has 1 spiro atoms. The van der Waals surface area contributed by atoms with Crippen LogP contribution in [-0.2, 0) is 17.3 Å². The van der Waals surface area contributed by atoms with Crippen LogP contribution in [0.4, 0.5) is 0 Å². The molecule has 0 N–H and O–H groups in total. The molecule has 238 valence electrons. The molecule has 51 heavy (non-hydrogen) atoms. The fourth-order valence-corrected chi connectivity index (χ4v) is 10.3. The first-order valence-corrected chi connectivity index (χ1v) is 18.1. The molecule has 0 atom stereocenters. The number of hydrogen-bond donors (Lipinski definition) is 0. The van der Waals surface area contributed by atoms with Gasteiger partial charge in [-0.05, 0) is 95.4 Å². The summed E-state index contributed by atoms with van der Waals surface area (Å²) < 4.78 is 0. The van der Waals surface area contributed by atoms with E-state index in [1.165, 1.54) is 89.0 Å². The van der Waals surface area contributed by atoms with Crippen LogP contribution in [0, 0.1) is 0 Å². The fraction of sp³-hybridized carbons (Fsp3) is 0.0588. The van der Waals surface area contributed by atoms with E-state index in [2.05, 4.69) is 194 Å². The lowest BCUT2D eigenvalue weighted by atomic mass is 9.67. The summed E-state index contributed by atoms with van der Waals surface area (Å²) in [6, 6.07) is 72.8. The SMILES string of the molecule is c1ccc(C2(c3ccccc3)c3ccccc3-c3c(Cc4cccc5c4-c4ccccc4C54c5ccccc5-c5ccccc54)cccc32)cc1. The average Bonchev–Trinajstić information content (AvgIpc) is 3.80. The molecule has 0 aliphatic heterocycles. The zero-order valence-electron chi connectivity index (χ0n) is 28.2. The molecule has 0 amide bonds. The zero-order chi connectivity index (χ0) is 33.6. The Morgan fingerprint density at radius 2 is 0.588 bits per heavy atom. The maximum absolute atomic E-state index is 2.40. The summed E-state index contributed by atoms with van der Waals surface area (Å²) in [6.45, 7) is 0. The van der Waals surface area contributed by atoms with Gasteiger partial charge in [-0.25, -0.2) is 0 Å². The van der Waals surface area contributed by atoms with Crippen LogP contribution >= 0.6 is 0 Å². The minimum Gasteiger partial charge on any atom is -0.0622 e. The van der Waals surface area contributed by atoms with Crippen molar-refractivity contribution in [2.45, 2.75) is 17.3 Å². The van der Waals surface area contributed by atoms with Gasteiger partial charge in [-0.1, -0.05) is 194 Å². The lowest BCUT2D eigenvalue weighted by Gasteiger charge is -2.34. The third-order valence-electron chi connectivity index (χ3n) is 12.1. The van der Waals surface area contributed by atoms with Crippen LogP contribution in [-0.4, -0.2) is 0 Å². The molecule has 0 bridgehead atoms. The Balaban J connectivity index is 1.17. The predicted octanol–water partition coefficient (Wildman–Crippen LogP) is 12.0. The van der Waals surface area contributed by atoms with E-state index >= 15 is 0 Å². The first kappa shape index (κ1) is 28.6. The van der Waals surface area contributed by atoms with Crippen molar-refractivity contribution in [2.24, 2.45) is 0 Å². The minimum absolute atomic E-state index is 0.337. The highest BCUT2D eigenvalue weighted by Gasteiger charge is 2.52. The van der Waals surface area contributed by atoms with Crippen LogP contribution in [0.5, 0.6) is 0 Å². The Morgan fingerprint density at radius 3 is 1.06 bits per heavy atom. The number of benzene rings is 8. The highest BCUT2D eigenvalue weighted by molar-refractivity contribution is 5.96. The second-order valence-corrected chi connectivity index (χ2v) is 14.3. The Labute approximate surface area is 299 Å². The summed E-state index contributed by atoms with van der Waals surface area (Å²) in [5.41, 5.74) is 21.0. The third-order valence-corrected chi connectivity index (χ3v) is 12.1. The molecule has 0 saturated carbocycles. The highest BCUT2D eigenvalue weighted by Crippen LogP contribution is 2.63. The van der Waals surface area contributed by atoms with Crippen molar-refractivity contribution in [3.8, 4) is 33.4 Å². The van der Waals surface area contributed by atoms with Gasteiger partial charge in [0.1, 0.15) is 0 Å². The Bertz CT molecular complexity index is 2480. The predicted molar refractivity (Wildman–Crippen MR) is 209 cm³/mol. The number of hydrogen-bond acceptors (Lipinski definition) is 0. The molecule has 3 aliphatic carbocycles. The second-order valence-electron chi connectivity index (χ2n) is 14.3. The first-order chi connectivity index (χ1) is 25.3. The summed E-state index contributed by atoms with van der Waals surface area (Å²) in [6.07, 6.45) is 0.841. The zero-order valence-corrected chi connectivity index (χ0v) is 28.2. The second kappa shape index (κ2) is 10.6. The highest BCUT2D eigenvalue weighted by atomic mass is 14.5. The molecule has 0 unspecified atom stereocenters. The topological polar surface area (TPSA) is 0 Å². The number of rotatable bonds is 4. The molecule has 8 aromatic carbocycles. The van der Waals surface area contributed by atoms with E-state index in [0.717, 1.165) is 6.42 Å². The van der Waals surface area contributed by atoms with Crippen molar-refractivity contribution in [1.29, 1.82) is 0 Å². The largest absolute Gasteiger partial charge is 0.0725 e. The van der Waals surface area contributed by atoms with Crippen LogP contribution in [0.3, 0.4) is 0 Å². The summed E-state index contributed by atoms with van der Waals surface area (Å²) in [5, 5.41) is 0. The molecule has 0 saturated heterocycles. The van der Waals surface area contributed by atoms with Crippen molar-refractivity contribution in [2.75, 3.05) is 0 Å². The van der Waals surface area contributed by atoms with Crippen molar-refractivity contribution in [3.05, 3.63) is 250 Å². The van der Waals surface area contributed by atoms with Crippen molar-refractivity contribution >= 4 is 0 Å². The van der Waals surface area contributed by atoms with E-state index in [1.54, 1.807) is 0 Å². The lowest BCUT2D eigenvalue weighted by molar-refractivity contribution is 0.768. The van der Waals surface area contributed by atoms with E-state index in [9.17, 15) is 0 Å². The van der Waals surface area contributed by atoms with Gasteiger partial charge < -0.3 is 0 Å². The molecule has 0 heteroatoms. The van der Waals surface area contributed by atoms with Gasteiger partial charge >= 0.3 is 0 Å². The summed E-state index contributed by atoms with van der Waals surface area (Å²) >= 11 is 0. The first-order valence-electron chi connectivity index (χ1n) is 18.1. The fourth-order valence-electron chi connectivity index (χ4n) is 10.3. The lowest BCUT2D eigenvalue weighted by Crippen LogP contribution is -2.28. The summed E-state index contributed by atoms with van der Waals surface area (Å²) in [7, 11) is 0. The van der Waals surface area contributed by atoms with Crippen molar-refractivity contribution in [1.82, 2.24) is 0 Å². The molecule has 0 radical (unpaired) electrons. The molecular formula is C51H34. The van der Waals surface area contributed by atoms with Crippen LogP contribution in [0.25, 0.3) is 33.4 Å². The van der Waals surface area contributed by atoms with Crippen molar-refractivity contribution < 1.29 is 0 Å². The van der Waals surface area contributed by atoms with Crippen LogP contribution < -0.4 is 0 Å². The van der Waals surface area contributed by atoms with Gasteiger partial charge in [0.25, 0.3) is 0 Å². The molecule has 0 nitrogen and oxygen atoms in total. The Kier molecular flexibility index (Phi) is 5.96. The quantitative estimate of drug-likeness (QED) is 0.178. The van der Waals surface area contributed by atoms with Crippen LogP contribution in [0.1, 0.15) is 55.6 Å². The van der Waals surface area contributed by atoms with E-state index < -0.39 is 5.41 Å².